The Bertz CT molecular complexity index is 829. The number of benzene rings is 2. The van der Waals surface area contributed by atoms with Gasteiger partial charge in [0.15, 0.2) is 17.3 Å². The van der Waals surface area contributed by atoms with E-state index >= 15 is 0 Å². The van der Waals surface area contributed by atoms with Crippen LogP contribution in [0.15, 0.2) is 48.2 Å². The van der Waals surface area contributed by atoms with E-state index in [0.717, 1.165) is 11.1 Å². The van der Waals surface area contributed by atoms with Crippen molar-refractivity contribution in [2.75, 3.05) is 20.0 Å². The lowest BCUT2D eigenvalue weighted by Crippen LogP contribution is -2.00. The maximum Gasteiger partial charge on any atom is 0.160 e. The number of carbonyl (C=O) groups excluding carboxylic acids is 1. The van der Waals surface area contributed by atoms with Gasteiger partial charge in [0.05, 0.1) is 25.7 Å². The maximum absolute atomic E-state index is 12.1. The van der Waals surface area contributed by atoms with E-state index in [2.05, 4.69) is 0 Å². The first kappa shape index (κ1) is 20.2. The highest BCUT2D eigenvalue weighted by Gasteiger charge is 2.07. The lowest BCUT2D eigenvalue weighted by Gasteiger charge is -2.07. The van der Waals surface area contributed by atoms with Gasteiger partial charge in [-0.05, 0) is 48.2 Å². The number of carbonyl (C=O) groups is 1. The summed E-state index contributed by atoms with van der Waals surface area (Å²) in [6.07, 6.45) is 2.95. The molecule has 0 unspecified atom stereocenters. The van der Waals surface area contributed by atoms with Crippen molar-refractivity contribution in [3.8, 4) is 17.2 Å². The Labute approximate surface area is 158 Å². The summed E-state index contributed by atoms with van der Waals surface area (Å²) >= 11 is 0. The summed E-state index contributed by atoms with van der Waals surface area (Å²) in [4.78, 5) is 12.1. The molecule has 2 rings (SSSR count). The molecule has 0 aromatic heterocycles. The van der Waals surface area contributed by atoms with Gasteiger partial charge in [-0.1, -0.05) is 12.1 Å². The molecule has 2 aromatic carbocycles. The van der Waals surface area contributed by atoms with Gasteiger partial charge in [0, 0.05) is 18.9 Å². The predicted molar refractivity (Wildman–Crippen MR) is 104 cm³/mol. The van der Waals surface area contributed by atoms with Crippen molar-refractivity contribution in [3.63, 3.8) is 0 Å². The van der Waals surface area contributed by atoms with E-state index in [4.69, 9.17) is 15.2 Å². The number of aromatic hydroxyl groups is 1. The molecule has 6 heteroatoms. The second-order valence-electron chi connectivity index (χ2n) is 6.18. The smallest absolute Gasteiger partial charge is 0.160 e. The quantitative estimate of drug-likeness (QED) is 0.354. The van der Waals surface area contributed by atoms with E-state index in [0.29, 0.717) is 36.4 Å². The molecule has 144 valence electrons. The SMILES string of the molecule is COc1cc(CCC(=O)/C=C(\O)CCc2ccc(O)c(OC)c2)ccc1N. The highest BCUT2D eigenvalue weighted by Crippen LogP contribution is 2.27. The molecule has 27 heavy (non-hydrogen) atoms. The van der Waals surface area contributed by atoms with Gasteiger partial charge in [0.1, 0.15) is 5.75 Å². The highest BCUT2D eigenvalue weighted by atomic mass is 16.5. The molecule has 0 spiro atoms. The second kappa shape index (κ2) is 9.52. The van der Waals surface area contributed by atoms with Crippen LogP contribution >= 0.6 is 0 Å². The third-order valence-electron chi connectivity index (χ3n) is 4.20. The van der Waals surface area contributed by atoms with Crippen LogP contribution in [0.3, 0.4) is 0 Å². The number of phenols is 1. The van der Waals surface area contributed by atoms with Gasteiger partial charge in [-0.25, -0.2) is 0 Å². The minimum atomic E-state index is -0.147. The summed E-state index contributed by atoms with van der Waals surface area (Å²) in [7, 11) is 3.02. The van der Waals surface area contributed by atoms with E-state index in [1.54, 1.807) is 31.4 Å². The second-order valence-corrected chi connectivity index (χ2v) is 6.18. The lowest BCUT2D eigenvalue weighted by molar-refractivity contribution is -0.114. The lowest BCUT2D eigenvalue weighted by atomic mass is 10.0. The molecule has 4 N–H and O–H groups in total. The van der Waals surface area contributed by atoms with Crippen LogP contribution in [0.25, 0.3) is 0 Å². The number of nitrogens with two attached hydrogens (primary N) is 1. The number of aryl methyl sites for hydroxylation is 2. The predicted octanol–water partition coefficient (Wildman–Crippen LogP) is 3.57. The summed E-state index contributed by atoms with van der Waals surface area (Å²) in [5.41, 5.74) is 8.16. The van der Waals surface area contributed by atoms with Crippen LogP contribution in [0.5, 0.6) is 17.2 Å². The molecule has 6 nitrogen and oxygen atoms in total. The first-order chi connectivity index (χ1) is 12.9. The number of aliphatic hydroxyl groups excluding tert-OH is 1. The summed E-state index contributed by atoms with van der Waals surface area (Å²) in [5, 5.41) is 19.6. The summed E-state index contributed by atoms with van der Waals surface area (Å²) in [6.45, 7) is 0. The van der Waals surface area contributed by atoms with Gasteiger partial charge in [-0.15, -0.1) is 0 Å². The van der Waals surface area contributed by atoms with Gasteiger partial charge in [-0.3, -0.25) is 4.79 Å². The maximum atomic E-state index is 12.1. The Kier molecular flexibility index (Phi) is 7.11. The van der Waals surface area contributed by atoms with Gasteiger partial charge < -0.3 is 25.4 Å². The number of hydrogen-bond donors (Lipinski definition) is 3. The van der Waals surface area contributed by atoms with Crippen molar-refractivity contribution in [2.24, 2.45) is 0 Å². The van der Waals surface area contributed by atoms with Crippen molar-refractivity contribution in [2.45, 2.75) is 25.7 Å². The fourth-order valence-corrected chi connectivity index (χ4v) is 2.66. The van der Waals surface area contributed by atoms with Crippen LogP contribution in [0.1, 0.15) is 24.0 Å². The Balaban J connectivity index is 1.87. The van der Waals surface area contributed by atoms with Gasteiger partial charge in [-0.2, -0.15) is 0 Å². The standard InChI is InChI=1S/C21H25NO5/c1-26-20-11-14(5-9-18(20)22)3-7-16(23)13-17(24)8-4-15-6-10-19(25)21(12-15)27-2/h5-6,9-13,24-25H,3-4,7-8,22H2,1-2H3/b17-13-. The Morgan fingerprint density at radius 3 is 2.26 bits per heavy atom. The van der Waals surface area contributed by atoms with Crippen LogP contribution < -0.4 is 15.2 Å². The van der Waals surface area contributed by atoms with E-state index < -0.39 is 0 Å². The van der Waals surface area contributed by atoms with Crippen molar-refractivity contribution in [3.05, 3.63) is 59.4 Å². The molecule has 0 aliphatic heterocycles. The molecule has 0 heterocycles. The van der Waals surface area contributed by atoms with Gasteiger partial charge in [0.25, 0.3) is 0 Å². The molecule has 0 radical (unpaired) electrons. The molecule has 2 aromatic rings. The topological polar surface area (TPSA) is 102 Å². The number of phenolic OH excluding ortho intramolecular Hbond substituents is 1. The zero-order valence-electron chi connectivity index (χ0n) is 15.6. The van der Waals surface area contributed by atoms with Gasteiger partial charge in [0.2, 0.25) is 0 Å². The molecular formula is C21H25NO5. The minimum Gasteiger partial charge on any atom is -0.512 e. The number of aliphatic hydroxyl groups is 1. The average molecular weight is 371 g/mol. The number of allylic oxidation sites excluding steroid dienone is 2. The number of hydrogen-bond acceptors (Lipinski definition) is 6. The first-order valence-corrected chi connectivity index (χ1v) is 8.63. The summed E-state index contributed by atoms with van der Waals surface area (Å²) in [6, 6.07) is 10.4. The molecule has 0 atom stereocenters. The van der Waals surface area contributed by atoms with E-state index in [9.17, 15) is 15.0 Å². The monoisotopic (exact) mass is 371 g/mol. The van der Waals surface area contributed by atoms with E-state index in [1.807, 2.05) is 12.1 Å². The van der Waals surface area contributed by atoms with Crippen LogP contribution in [0, 0.1) is 0 Å². The highest BCUT2D eigenvalue weighted by molar-refractivity contribution is 5.90. The summed E-state index contributed by atoms with van der Waals surface area (Å²) < 4.78 is 10.2. The molecule has 0 amide bonds. The van der Waals surface area contributed by atoms with Crippen LogP contribution in [-0.2, 0) is 17.6 Å². The van der Waals surface area contributed by atoms with E-state index in [1.165, 1.54) is 13.2 Å². The first-order valence-electron chi connectivity index (χ1n) is 8.63. The number of ether oxygens (including phenoxy) is 2. The van der Waals surface area contributed by atoms with Crippen molar-refractivity contribution < 1.29 is 24.5 Å². The van der Waals surface area contributed by atoms with Crippen molar-refractivity contribution in [1.82, 2.24) is 0 Å². The molecule has 0 saturated carbocycles. The largest absolute Gasteiger partial charge is 0.512 e. The van der Waals surface area contributed by atoms with Crippen LogP contribution in [-0.4, -0.2) is 30.2 Å². The number of ketones is 1. The molecule has 0 fully saturated rings. The Morgan fingerprint density at radius 2 is 1.59 bits per heavy atom. The number of anilines is 1. The fraction of sp³-hybridized carbons (Fsp3) is 0.286. The van der Waals surface area contributed by atoms with E-state index in [-0.39, 0.29) is 23.7 Å². The minimum absolute atomic E-state index is 0.0296. The third kappa shape index (κ3) is 5.95. The third-order valence-corrected chi connectivity index (χ3v) is 4.20. The number of methoxy groups -OCH3 is 2. The van der Waals surface area contributed by atoms with Gasteiger partial charge >= 0.3 is 0 Å². The molecule has 0 aliphatic rings. The van der Waals surface area contributed by atoms with Crippen LogP contribution in [0.2, 0.25) is 0 Å². The average Bonchev–Trinajstić information content (AvgIpc) is 2.66. The number of nitrogen functional groups attached to an aromatic ring is 1. The number of rotatable bonds is 9. The molecule has 0 bridgehead atoms. The zero-order chi connectivity index (χ0) is 19.8. The Hall–Kier alpha value is -3.15. The summed E-state index contributed by atoms with van der Waals surface area (Å²) in [5.74, 6) is 0.914. The molecule has 0 saturated heterocycles. The zero-order valence-corrected chi connectivity index (χ0v) is 15.6. The van der Waals surface area contributed by atoms with Crippen molar-refractivity contribution >= 4 is 11.5 Å². The fourth-order valence-electron chi connectivity index (χ4n) is 2.66. The van der Waals surface area contributed by atoms with Crippen molar-refractivity contribution in [1.29, 1.82) is 0 Å². The molecular weight excluding hydrogens is 346 g/mol. The normalized spacial score (nSPS) is 11.3. The Morgan fingerprint density at radius 1 is 1.00 bits per heavy atom. The molecule has 0 aliphatic carbocycles. The van der Waals surface area contributed by atoms with Crippen LogP contribution in [0.4, 0.5) is 5.69 Å².